The Morgan fingerprint density at radius 1 is 1.08 bits per heavy atom. The van der Waals surface area contributed by atoms with Crippen molar-refractivity contribution in [3.05, 3.63) is 46.6 Å². The van der Waals surface area contributed by atoms with Gasteiger partial charge in [0.25, 0.3) is 0 Å². The van der Waals surface area contributed by atoms with Gasteiger partial charge in [-0.05, 0) is 88.8 Å². The normalized spacial score (nSPS) is 18.6. The molecule has 1 aromatic carbocycles. The maximum Gasteiger partial charge on any atom is 0.337 e. The van der Waals surface area contributed by atoms with Crippen LogP contribution in [-0.4, -0.2) is 44.4 Å². The van der Waals surface area contributed by atoms with E-state index in [0.29, 0.717) is 11.3 Å². The molecular weight excluding hydrogens is 464 g/mol. The highest BCUT2D eigenvalue weighted by Crippen LogP contribution is 2.39. The van der Waals surface area contributed by atoms with Crippen LogP contribution in [0.2, 0.25) is 0 Å². The number of nitrogens with zero attached hydrogens (tertiary/aromatic N) is 4. The van der Waals surface area contributed by atoms with Crippen LogP contribution in [0.15, 0.2) is 24.3 Å². The molecule has 2 aliphatic rings. The Hall–Kier alpha value is -2.93. The van der Waals surface area contributed by atoms with Crippen LogP contribution in [0.4, 0.5) is 5.82 Å². The number of hydrogen-bond acceptors (Lipinski definition) is 5. The van der Waals surface area contributed by atoms with Crippen molar-refractivity contribution in [3.8, 4) is 11.3 Å². The largest absolute Gasteiger partial charge is 0.479 e. The van der Waals surface area contributed by atoms with Crippen molar-refractivity contribution >= 4 is 17.4 Å². The first-order chi connectivity index (χ1) is 17.4. The molecular formula is C30H40N4O3. The molecule has 3 aromatic rings. The molecule has 7 heteroatoms. The van der Waals surface area contributed by atoms with E-state index in [-0.39, 0.29) is 5.41 Å². The first-order valence-electron chi connectivity index (χ1n) is 13.6. The highest BCUT2D eigenvalue weighted by atomic mass is 16.5. The molecule has 3 heterocycles. The molecule has 0 saturated carbocycles. The number of carbonyl (C=O) groups is 1. The van der Waals surface area contributed by atoms with Gasteiger partial charge in [-0.25, -0.2) is 9.78 Å². The molecule has 7 nitrogen and oxygen atoms in total. The predicted molar refractivity (Wildman–Crippen MR) is 146 cm³/mol. The standard InChI is InChI=1S/C30H40N4O3/c1-19-25(26(28(35)36)37-29(2,3)4)27(33-15-13-30(5,6)14-16-33)34-24(31-19)18-23(32-34)22-12-11-20-9-7-8-10-21(20)17-22/h11-12,17-18,26H,7-10,13-16H2,1-6H3,(H,35,36). The third kappa shape index (κ3) is 5.24. The van der Waals surface area contributed by atoms with Crippen molar-refractivity contribution in [2.45, 2.75) is 91.8 Å². The zero-order valence-corrected chi connectivity index (χ0v) is 23.1. The Balaban J connectivity index is 1.68. The molecule has 37 heavy (non-hydrogen) atoms. The molecule has 0 radical (unpaired) electrons. The molecule has 198 valence electrons. The summed E-state index contributed by atoms with van der Waals surface area (Å²) in [5, 5.41) is 15.3. The molecule has 2 aromatic heterocycles. The summed E-state index contributed by atoms with van der Waals surface area (Å²) in [6, 6.07) is 8.70. The van der Waals surface area contributed by atoms with E-state index >= 15 is 0 Å². The fourth-order valence-electron chi connectivity index (χ4n) is 5.67. The molecule has 1 fully saturated rings. The van der Waals surface area contributed by atoms with E-state index in [9.17, 15) is 9.90 Å². The van der Waals surface area contributed by atoms with E-state index < -0.39 is 17.7 Å². The van der Waals surface area contributed by atoms with Gasteiger partial charge in [0.2, 0.25) is 0 Å². The average molecular weight is 505 g/mol. The number of fused-ring (bicyclic) bond motifs is 2. The Bertz CT molecular complexity index is 1320. The van der Waals surface area contributed by atoms with E-state index in [1.807, 2.05) is 38.3 Å². The number of ether oxygens (including phenoxy) is 1. The zero-order valence-electron chi connectivity index (χ0n) is 23.1. The lowest BCUT2D eigenvalue weighted by Crippen LogP contribution is -2.40. The fraction of sp³-hybridized carbons (Fsp3) is 0.567. The van der Waals surface area contributed by atoms with Crippen LogP contribution in [-0.2, 0) is 22.4 Å². The van der Waals surface area contributed by atoms with Crippen molar-refractivity contribution < 1.29 is 14.6 Å². The lowest BCUT2D eigenvalue weighted by Gasteiger charge is -2.39. The van der Waals surface area contributed by atoms with Gasteiger partial charge in [0.05, 0.1) is 16.9 Å². The van der Waals surface area contributed by atoms with Gasteiger partial charge in [0, 0.05) is 30.4 Å². The van der Waals surface area contributed by atoms with Crippen molar-refractivity contribution in [1.82, 2.24) is 14.6 Å². The molecule has 0 amide bonds. The number of aliphatic carboxylic acids is 1. The van der Waals surface area contributed by atoms with E-state index in [1.54, 1.807) is 0 Å². The van der Waals surface area contributed by atoms with Gasteiger partial charge in [-0.15, -0.1) is 0 Å². The molecule has 0 spiro atoms. The second-order valence-corrected chi connectivity index (χ2v) is 12.5. The number of rotatable bonds is 5. The summed E-state index contributed by atoms with van der Waals surface area (Å²) in [7, 11) is 0. The number of hydrogen-bond donors (Lipinski definition) is 1. The summed E-state index contributed by atoms with van der Waals surface area (Å²) in [6.07, 6.45) is 5.63. The Kier molecular flexibility index (Phi) is 6.55. The number of anilines is 1. The Labute approximate surface area is 219 Å². The quantitative estimate of drug-likeness (QED) is 0.449. The average Bonchev–Trinajstić information content (AvgIpc) is 3.25. The highest BCUT2D eigenvalue weighted by Gasteiger charge is 2.36. The van der Waals surface area contributed by atoms with Crippen molar-refractivity contribution in [1.29, 1.82) is 0 Å². The van der Waals surface area contributed by atoms with Crippen LogP contribution in [0.5, 0.6) is 0 Å². The first kappa shape index (κ1) is 25.7. The van der Waals surface area contributed by atoms with Gasteiger partial charge in [-0.2, -0.15) is 9.61 Å². The number of benzene rings is 1. The highest BCUT2D eigenvalue weighted by molar-refractivity contribution is 5.79. The summed E-state index contributed by atoms with van der Waals surface area (Å²) < 4.78 is 7.99. The van der Waals surface area contributed by atoms with Crippen LogP contribution in [0.25, 0.3) is 16.9 Å². The van der Waals surface area contributed by atoms with Gasteiger partial charge < -0.3 is 14.7 Å². The van der Waals surface area contributed by atoms with E-state index in [1.165, 1.54) is 24.0 Å². The lowest BCUT2D eigenvalue weighted by molar-refractivity contribution is -0.160. The predicted octanol–water partition coefficient (Wildman–Crippen LogP) is 6.15. The molecule has 1 N–H and O–H groups in total. The third-order valence-electron chi connectivity index (χ3n) is 7.82. The molecule has 1 aliphatic heterocycles. The summed E-state index contributed by atoms with van der Waals surface area (Å²) >= 11 is 0. The number of piperidine rings is 1. The minimum Gasteiger partial charge on any atom is -0.479 e. The molecule has 5 rings (SSSR count). The van der Waals surface area contributed by atoms with Gasteiger partial charge >= 0.3 is 5.97 Å². The van der Waals surface area contributed by atoms with E-state index in [0.717, 1.165) is 61.5 Å². The van der Waals surface area contributed by atoms with Gasteiger partial charge in [0.15, 0.2) is 11.8 Å². The minimum atomic E-state index is -1.14. The van der Waals surface area contributed by atoms with Gasteiger partial charge in [0.1, 0.15) is 5.82 Å². The fourth-order valence-corrected chi connectivity index (χ4v) is 5.67. The van der Waals surface area contributed by atoms with Crippen LogP contribution in [0, 0.1) is 12.3 Å². The van der Waals surface area contributed by atoms with Crippen molar-refractivity contribution in [3.63, 3.8) is 0 Å². The molecule has 1 saturated heterocycles. The smallest absolute Gasteiger partial charge is 0.337 e. The number of carboxylic acids is 1. The summed E-state index contributed by atoms with van der Waals surface area (Å²) in [6.45, 7) is 13.8. The number of aryl methyl sites for hydroxylation is 3. The van der Waals surface area contributed by atoms with E-state index in [2.05, 4.69) is 36.9 Å². The second-order valence-electron chi connectivity index (χ2n) is 12.5. The van der Waals surface area contributed by atoms with Crippen LogP contribution in [0.3, 0.4) is 0 Å². The molecule has 0 bridgehead atoms. The molecule has 1 atom stereocenters. The minimum absolute atomic E-state index is 0.254. The first-order valence-corrected chi connectivity index (χ1v) is 13.6. The van der Waals surface area contributed by atoms with Gasteiger partial charge in [-0.3, -0.25) is 0 Å². The maximum atomic E-state index is 12.6. The van der Waals surface area contributed by atoms with Crippen LogP contribution < -0.4 is 4.90 Å². The van der Waals surface area contributed by atoms with Crippen molar-refractivity contribution in [2.75, 3.05) is 18.0 Å². The van der Waals surface area contributed by atoms with E-state index in [4.69, 9.17) is 14.8 Å². The number of carboxylic acid groups (broad SMARTS) is 1. The summed E-state index contributed by atoms with van der Waals surface area (Å²) in [5.74, 6) is -0.223. The summed E-state index contributed by atoms with van der Waals surface area (Å²) in [4.78, 5) is 19.7. The monoisotopic (exact) mass is 504 g/mol. The lowest BCUT2D eigenvalue weighted by atomic mass is 9.82. The number of aromatic nitrogens is 3. The Morgan fingerprint density at radius 3 is 2.41 bits per heavy atom. The Morgan fingerprint density at radius 2 is 1.76 bits per heavy atom. The topological polar surface area (TPSA) is 80.0 Å². The van der Waals surface area contributed by atoms with Crippen molar-refractivity contribution in [2.24, 2.45) is 5.41 Å². The zero-order chi connectivity index (χ0) is 26.5. The SMILES string of the molecule is Cc1nc2cc(-c3ccc4c(c3)CCCC4)nn2c(N2CCC(C)(C)CC2)c1C(OC(C)(C)C)C(=O)O. The van der Waals surface area contributed by atoms with Gasteiger partial charge in [-0.1, -0.05) is 26.0 Å². The summed E-state index contributed by atoms with van der Waals surface area (Å²) in [5.41, 5.74) is 6.40. The second kappa shape index (κ2) is 9.43. The molecule has 1 aliphatic carbocycles. The van der Waals surface area contributed by atoms with Crippen LogP contribution >= 0.6 is 0 Å². The maximum absolute atomic E-state index is 12.6. The molecule has 1 unspecified atom stereocenters. The van der Waals surface area contributed by atoms with Crippen LogP contribution in [0.1, 0.15) is 88.8 Å². The third-order valence-corrected chi connectivity index (χ3v) is 7.82.